The minimum atomic E-state index is -0.310. The summed E-state index contributed by atoms with van der Waals surface area (Å²) in [7, 11) is -0.310. The van der Waals surface area contributed by atoms with Gasteiger partial charge < -0.3 is 9.16 Å². The van der Waals surface area contributed by atoms with Gasteiger partial charge in [0, 0.05) is 18.6 Å². The van der Waals surface area contributed by atoms with Crippen LogP contribution in [0.15, 0.2) is 12.2 Å². The number of carbonyl (C=O) groups excluding carboxylic acids is 1. The Balaban J connectivity index is 3.13. The van der Waals surface area contributed by atoms with E-state index in [4.69, 9.17) is 9.16 Å². The van der Waals surface area contributed by atoms with Crippen LogP contribution in [0.4, 0.5) is 0 Å². The molecule has 82 valence electrons. The molecule has 0 aliphatic carbocycles. The fourth-order valence-electron chi connectivity index (χ4n) is 0.798. The zero-order valence-electron chi connectivity index (χ0n) is 9.17. The highest BCUT2D eigenvalue weighted by molar-refractivity contribution is 6.26. The standard InChI is InChI=1S/C10H20O3Si/c1-4-8-14-13-7-5-6-12-10(11)9(2)3/h2,4-8,14H2,1,3H3. The number of carbonyl (C=O) groups is 1. The molecule has 0 saturated carbocycles. The average molecular weight is 216 g/mol. The Morgan fingerprint density at radius 1 is 1.43 bits per heavy atom. The van der Waals surface area contributed by atoms with Gasteiger partial charge in [-0.05, 0) is 13.0 Å². The highest BCUT2D eigenvalue weighted by Gasteiger charge is 2.01. The topological polar surface area (TPSA) is 35.5 Å². The van der Waals surface area contributed by atoms with Crippen LogP contribution < -0.4 is 0 Å². The molecule has 0 aromatic heterocycles. The van der Waals surface area contributed by atoms with Gasteiger partial charge in [0.25, 0.3) is 0 Å². The van der Waals surface area contributed by atoms with E-state index in [9.17, 15) is 4.79 Å². The van der Waals surface area contributed by atoms with Crippen LogP contribution in [0.1, 0.15) is 26.7 Å². The maximum atomic E-state index is 10.9. The molecule has 0 aliphatic heterocycles. The quantitative estimate of drug-likeness (QED) is 0.266. The van der Waals surface area contributed by atoms with Crippen molar-refractivity contribution in [2.45, 2.75) is 32.7 Å². The molecule has 0 amide bonds. The van der Waals surface area contributed by atoms with Crippen molar-refractivity contribution in [3.8, 4) is 0 Å². The van der Waals surface area contributed by atoms with E-state index < -0.39 is 0 Å². The molecule has 4 heteroatoms. The van der Waals surface area contributed by atoms with Gasteiger partial charge in [-0.3, -0.25) is 0 Å². The summed E-state index contributed by atoms with van der Waals surface area (Å²) in [5, 5.41) is 0. The molecule has 0 aromatic rings. The average Bonchev–Trinajstić information content (AvgIpc) is 2.16. The molecule has 0 fully saturated rings. The van der Waals surface area contributed by atoms with Crippen LogP contribution in [-0.2, 0) is 14.0 Å². The van der Waals surface area contributed by atoms with E-state index in [1.807, 2.05) is 0 Å². The predicted octanol–water partition coefficient (Wildman–Crippen LogP) is 1.42. The molecule has 14 heavy (non-hydrogen) atoms. The smallest absolute Gasteiger partial charge is 0.333 e. The minimum Gasteiger partial charge on any atom is -0.462 e. The molecule has 0 bridgehead atoms. The van der Waals surface area contributed by atoms with Gasteiger partial charge in [-0.15, -0.1) is 0 Å². The lowest BCUT2D eigenvalue weighted by molar-refractivity contribution is -0.139. The van der Waals surface area contributed by atoms with Crippen LogP contribution in [0, 0.1) is 0 Å². The summed E-state index contributed by atoms with van der Waals surface area (Å²) in [5.41, 5.74) is 0.450. The summed E-state index contributed by atoms with van der Waals surface area (Å²) in [4.78, 5) is 10.9. The van der Waals surface area contributed by atoms with Crippen LogP contribution in [-0.4, -0.2) is 28.9 Å². The Morgan fingerprint density at radius 2 is 2.14 bits per heavy atom. The zero-order chi connectivity index (χ0) is 10.8. The lowest BCUT2D eigenvalue weighted by atomic mass is 10.4. The van der Waals surface area contributed by atoms with Gasteiger partial charge in [-0.25, -0.2) is 4.79 Å². The zero-order valence-corrected chi connectivity index (χ0v) is 10.6. The Labute approximate surface area is 88.4 Å². The lowest BCUT2D eigenvalue weighted by Crippen LogP contribution is -2.09. The van der Waals surface area contributed by atoms with Crippen LogP contribution in [0.25, 0.3) is 0 Å². The van der Waals surface area contributed by atoms with Gasteiger partial charge in [-0.1, -0.05) is 19.9 Å². The Kier molecular flexibility index (Phi) is 8.57. The second kappa shape index (κ2) is 8.96. The molecule has 0 atom stereocenters. The summed E-state index contributed by atoms with van der Waals surface area (Å²) in [6.07, 6.45) is 1.99. The Morgan fingerprint density at radius 3 is 2.71 bits per heavy atom. The third-order valence-corrected chi connectivity index (χ3v) is 3.23. The van der Waals surface area contributed by atoms with Crippen molar-refractivity contribution in [2.24, 2.45) is 0 Å². The highest BCUT2D eigenvalue weighted by Crippen LogP contribution is 1.94. The van der Waals surface area contributed by atoms with Crippen molar-refractivity contribution in [3.05, 3.63) is 12.2 Å². The van der Waals surface area contributed by atoms with Gasteiger partial charge in [0.05, 0.1) is 6.61 Å². The maximum absolute atomic E-state index is 10.9. The third kappa shape index (κ3) is 8.01. The van der Waals surface area contributed by atoms with Crippen molar-refractivity contribution in [3.63, 3.8) is 0 Å². The summed E-state index contributed by atoms with van der Waals surface area (Å²) in [6, 6.07) is 1.23. The van der Waals surface area contributed by atoms with Crippen molar-refractivity contribution in [1.29, 1.82) is 0 Å². The van der Waals surface area contributed by atoms with Crippen LogP contribution in [0.3, 0.4) is 0 Å². The van der Waals surface area contributed by atoms with Gasteiger partial charge >= 0.3 is 5.97 Å². The molecule has 0 aliphatic rings. The molecule has 0 saturated heterocycles. The first-order valence-electron chi connectivity index (χ1n) is 5.08. The highest BCUT2D eigenvalue weighted by atomic mass is 28.2. The second-order valence-corrected chi connectivity index (χ2v) is 4.76. The van der Waals surface area contributed by atoms with Crippen LogP contribution in [0.5, 0.6) is 0 Å². The largest absolute Gasteiger partial charge is 0.462 e. The van der Waals surface area contributed by atoms with Gasteiger partial charge in [0.15, 0.2) is 9.76 Å². The molecular formula is C10H20O3Si. The first-order valence-corrected chi connectivity index (χ1v) is 6.66. The molecule has 0 heterocycles. The van der Waals surface area contributed by atoms with Gasteiger partial charge in [0.1, 0.15) is 0 Å². The van der Waals surface area contributed by atoms with E-state index >= 15 is 0 Å². The van der Waals surface area contributed by atoms with Crippen molar-refractivity contribution < 1.29 is 14.0 Å². The number of rotatable bonds is 8. The summed E-state index contributed by atoms with van der Waals surface area (Å²) in [6.45, 7) is 8.45. The molecule has 0 radical (unpaired) electrons. The maximum Gasteiger partial charge on any atom is 0.333 e. The van der Waals surface area contributed by atoms with E-state index in [0.717, 1.165) is 13.0 Å². The first kappa shape index (κ1) is 13.4. The monoisotopic (exact) mass is 216 g/mol. The van der Waals surface area contributed by atoms with E-state index in [0.29, 0.717) is 12.2 Å². The van der Waals surface area contributed by atoms with E-state index in [2.05, 4.69) is 13.5 Å². The second-order valence-electron chi connectivity index (χ2n) is 3.24. The summed E-state index contributed by atoms with van der Waals surface area (Å²) in [5.74, 6) is -0.309. The minimum absolute atomic E-state index is 0.309. The number of hydrogen-bond donors (Lipinski definition) is 0. The third-order valence-electron chi connectivity index (χ3n) is 1.66. The van der Waals surface area contributed by atoms with Crippen molar-refractivity contribution in [1.82, 2.24) is 0 Å². The molecule has 0 spiro atoms. The van der Waals surface area contributed by atoms with Gasteiger partial charge in [-0.2, -0.15) is 0 Å². The normalized spacial score (nSPS) is 10.7. The van der Waals surface area contributed by atoms with Crippen LogP contribution >= 0.6 is 0 Å². The van der Waals surface area contributed by atoms with E-state index in [-0.39, 0.29) is 15.7 Å². The molecule has 3 nitrogen and oxygen atoms in total. The molecule has 0 N–H and O–H groups in total. The number of esters is 1. The van der Waals surface area contributed by atoms with Gasteiger partial charge in [0.2, 0.25) is 0 Å². The summed E-state index contributed by atoms with van der Waals surface area (Å²) < 4.78 is 10.3. The Hall–Kier alpha value is -0.613. The lowest BCUT2D eigenvalue weighted by Gasteiger charge is -2.04. The van der Waals surface area contributed by atoms with E-state index in [1.54, 1.807) is 6.92 Å². The van der Waals surface area contributed by atoms with Crippen molar-refractivity contribution >= 4 is 15.7 Å². The summed E-state index contributed by atoms with van der Waals surface area (Å²) >= 11 is 0. The van der Waals surface area contributed by atoms with Crippen molar-refractivity contribution in [2.75, 3.05) is 13.2 Å². The SMILES string of the molecule is C=C(C)C(=O)OCCCO[SiH2]CCC. The molecule has 0 rings (SSSR count). The molecule has 0 aromatic carbocycles. The Bertz CT molecular complexity index is 180. The first-order chi connectivity index (χ1) is 6.68. The number of ether oxygens (including phenoxy) is 1. The fraction of sp³-hybridized carbons (Fsp3) is 0.700. The predicted molar refractivity (Wildman–Crippen MR) is 60.0 cm³/mol. The molecule has 0 unspecified atom stereocenters. The van der Waals surface area contributed by atoms with E-state index in [1.165, 1.54) is 12.5 Å². The fourth-order valence-corrected chi connectivity index (χ4v) is 1.70. The van der Waals surface area contributed by atoms with Crippen LogP contribution in [0.2, 0.25) is 6.04 Å². The molecular weight excluding hydrogens is 196 g/mol. The number of hydrogen-bond acceptors (Lipinski definition) is 3.